The number of hydrogen-bond acceptors (Lipinski definition) is 3. The van der Waals surface area contributed by atoms with Gasteiger partial charge in [0.1, 0.15) is 0 Å². The van der Waals surface area contributed by atoms with Crippen LogP contribution in [0.1, 0.15) is 109 Å². The maximum absolute atomic E-state index is 4.24. The summed E-state index contributed by atoms with van der Waals surface area (Å²) >= 11 is 0. The largest absolute Gasteiger partial charge is 0.387 e. The first kappa shape index (κ1) is 27.4. The first-order chi connectivity index (χ1) is 15.1. The van der Waals surface area contributed by atoms with Crippen molar-refractivity contribution in [1.29, 1.82) is 0 Å². The van der Waals surface area contributed by atoms with E-state index in [9.17, 15) is 0 Å². The van der Waals surface area contributed by atoms with Crippen molar-refractivity contribution in [2.24, 2.45) is 0 Å². The Morgan fingerprint density at radius 3 is 1.97 bits per heavy atom. The van der Waals surface area contributed by atoms with E-state index in [1.54, 1.807) is 0 Å². The highest BCUT2D eigenvalue weighted by molar-refractivity contribution is 5.20. The average molecular weight is 430 g/mol. The monoisotopic (exact) mass is 429 g/mol. The third kappa shape index (κ3) is 15.8. The van der Waals surface area contributed by atoms with Gasteiger partial charge in [0.15, 0.2) is 0 Å². The molecular formula is C28H51N3. The summed E-state index contributed by atoms with van der Waals surface area (Å²) in [5.41, 5.74) is 3.04. The minimum absolute atomic E-state index is 0.710. The molecule has 0 amide bonds. The van der Waals surface area contributed by atoms with E-state index in [-0.39, 0.29) is 0 Å². The minimum atomic E-state index is 0.710. The van der Waals surface area contributed by atoms with E-state index >= 15 is 0 Å². The highest BCUT2D eigenvalue weighted by atomic mass is 14.9. The smallest absolute Gasteiger partial charge is 0.0496 e. The minimum Gasteiger partial charge on any atom is -0.387 e. The van der Waals surface area contributed by atoms with Crippen LogP contribution in [0.25, 0.3) is 0 Å². The summed E-state index contributed by atoms with van der Waals surface area (Å²) in [4.78, 5) is 0. The molecule has 1 rings (SSSR count). The van der Waals surface area contributed by atoms with Gasteiger partial charge >= 0.3 is 0 Å². The highest BCUT2D eigenvalue weighted by Gasteiger charge is 2.12. The van der Waals surface area contributed by atoms with Gasteiger partial charge in [0.05, 0.1) is 0 Å². The molecule has 1 aliphatic rings. The quantitative estimate of drug-likeness (QED) is 0.106. The lowest BCUT2D eigenvalue weighted by Gasteiger charge is -2.24. The third-order valence-corrected chi connectivity index (χ3v) is 6.33. The molecule has 0 unspecified atom stereocenters. The van der Waals surface area contributed by atoms with Gasteiger partial charge in [-0.25, -0.2) is 0 Å². The van der Waals surface area contributed by atoms with Crippen LogP contribution in [0.5, 0.6) is 0 Å². The molecular weight excluding hydrogens is 378 g/mol. The Balaban J connectivity index is 1.79. The predicted molar refractivity (Wildman–Crippen MR) is 139 cm³/mol. The summed E-state index contributed by atoms with van der Waals surface area (Å²) in [5, 5.41) is 9.99. The van der Waals surface area contributed by atoms with Crippen LogP contribution in [-0.4, -0.2) is 19.6 Å². The SMILES string of the molecule is C=C(CCCCCCCCC/C=C\CCCCNC(=C)C(=C)NC)NC1CCCCC1. The fourth-order valence-corrected chi connectivity index (χ4v) is 4.21. The molecule has 0 spiro atoms. The van der Waals surface area contributed by atoms with Crippen molar-refractivity contribution in [3.05, 3.63) is 49.0 Å². The van der Waals surface area contributed by atoms with Crippen molar-refractivity contribution in [2.75, 3.05) is 13.6 Å². The molecule has 0 bridgehead atoms. The molecule has 0 aromatic carbocycles. The van der Waals surface area contributed by atoms with Gasteiger partial charge in [0.2, 0.25) is 0 Å². The Hall–Kier alpha value is -1.64. The zero-order chi connectivity index (χ0) is 22.6. The van der Waals surface area contributed by atoms with Crippen molar-refractivity contribution in [3.63, 3.8) is 0 Å². The topological polar surface area (TPSA) is 36.1 Å². The summed E-state index contributed by atoms with van der Waals surface area (Å²) in [7, 11) is 1.87. The van der Waals surface area contributed by atoms with Gasteiger partial charge in [0, 0.05) is 36.7 Å². The van der Waals surface area contributed by atoms with E-state index in [1.807, 2.05) is 7.05 Å². The van der Waals surface area contributed by atoms with Crippen molar-refractivity contribution in [3.8, 4) is 0 Å². The van der Waals surface area contributed by atoms with E-state index in [1.165, 1.54) is 108 Å². The molecule has 3 N–H and O–H groups in total. The summed E-state index contributed by atoms with van der Waals surface area (Å²) in [6, 6.07) is 0.710. The normalized spacial score (nSPS) is 14.5. The molecule has 0 aromatic rings. The number of unbranched alkanes of at least 4 members (excludes halogenated alkanes) is 9. The van der Waals surface area contributed by atoms with Crippen LogP contribution in [-0.2, 0) is 0 Å². The van der Waals surface area contributed by atoms with Crippen LogP contribution in [0.15, 0.2) is 49.0 Å². The molecule has 3 nitrogen and oxygen atoms in total. The maximum atomic E-state index is 4.24. The molecule has 1 saturated carbocycles. The van der Waals surface area contributed by atoms with Crippen molar-refractivity contribution >= 4 is 0 Å². The number of rotatable bonds is 20. The summed E-state index contributed by atoms with van der Waals surface area (Å²) < 4.78 is 0. The van der Waals surface area contributed by atoms with E-state index in [4.69, 9.17) is 0 Å². The van der Waals surface area contributed by atoms with Crippen molar-refractivity contribution < 1.29 is 0 Å². The van der Waals surface area contributed by atoms with E-state index < -0.39 is 0 Å². The molecule has 0 heterocycles. The molecule has 0 aromatic heterocycles. The summed E-state index contributed by atoms with van der Waals surface area (Å²) in [5.74, 6) is 0. The molecule has 0 saturated heterocycles. The first-order valence-electron chi connectivity index (χ1n) is 13.0. The highest BCUT2D eigenvalue weighted by Crippen LogP contribution is 2.19. The molecule has 1 fully saturated rings. The fraction of sp³-hybridized carbons (Fsp3) is 0.714. The third-order valence-electron chi connectivity index (χ3n) is 6.33. The number of hydrogen-bond donors (Lipinski definition) is 3. The van der Waals surface area contributed by atoms with Gasteiger partial charge in [-0.2, -0.15) is 0 Å². The van der Waals surface area contributed by atoms with Crippen LogP contribution in [0.4, 0.5) is 0 Å². The zero-order valence-corrected chi connectivity index (χ0v) is 20.6. The van der Waals surface area contributed by atoms with Crippen LogP contribution in [0.2, 0.25) is 0 Å². The van der Waals surface area contributed by atoms with Gasteiger partial charge in [-0.1, -0.05) is 83.3 Å². The van der Waals surface area contributed by atoms with Crippen LogP contribution in [0.3, 0.4) is 0 Å². The Bertz CT molecular complexity index is 514. The van der Waals surface area contributed by atoms with Crippen LogP contribution >= 0.6 is 0 Å². The Morgan fingerprint density at radius 2 is 1.32 bits per heavy atom. The Kier molecular flexibility index (Phi) is 16.9. The van der Waals surface area contributed by atoms with Gasteiger partial charge in [-0.05, 0) is 57.8 Å². The van der Waals surface area contributed by atoms with Gasteiger partial charge < -0.3 is 16.0 Å². The molecule has 0 atom stereocenters. The van der Waals surface area contributed by atoms with Crippen LogP contribution in [0, 0.1) is 0 Å². The molecule has 178 valence electrons. The van der Waals surface area contributed by atoms with E-state index in [0.29, 0.717) is 6.04 Å². The van der Waals surface area contributed by atoms with Gasteiger partial charge in [-0.15, -0.1) is 0 Å². The molecule has 0 aliphatic heterocycles. The van der Waals surface area contributed by atoms with E-state index in [2.05, 4.69) is 47.8 Å². The van der Waals surface area contributed by atoms with Crippen molar-refractivity contribution in [1.82, 2.24) is 16.0 Å². The lowest BCUT2D eigenvalue weighted by Crippen LogP contribution is -2.29. The Morgan fingerprint density at radius 1 is 0.742 bits per heavy atom. The molecule has 31 heavy (non-hydrogen) atoms. The second-order valence-corrected chi connectivity index (χ2v) is 9.20. The maximum Gasteiger partial charge on any atom is 0.0496 e. The van der Waals surface area contributed by atoms with Crippen molar-refractivity contribution in [2.45, 2.75) is 115 Å². The number of nitrogens with one attached hydrogen (secondary N) is 3. The van der Waals surface area contributed by atoms with Crippen LogP contribution < -0.4 is 16.0 Å². The fourth-order valence-electron chi connectivity index (χ4n) is 4.21. The number of allylic oxidation sites excluding steroid dienone is 3. The summed E-state index contributed by atoms with van der Waals surface area (Å²) in [6.07, 6.45) is 27.2. The van der Waals surface area contributed by atoms with Gasteiger partial charge in [-0.3, -0.25) is 0 Å². The van der Waals surface area contributed by atoms with E-state index in [0.717, 1.165) is 24.4 Å². The second-order valence-electron chi connectivity index (χ2n) is 9.20. The molecule has 0 radical (unpaired) electrons. The summed E-state index contributed by atoms with van der Waals surface area (Å²) in [6.45, 7) is 13.1. The lowest BCUT2D eigenvalue weighted by atomic mass is 9.95. The molecule has 3 heteroatoms. The predicted octanol–water partition coefficient (Wildman–Crippen LogP) is 7.50. The number of likely N-dealkylation sites (N-methyl/N-ethyl adjacent to an activating group) is 1. The average Bonchev–Trinajstić information content (AvgIpc) is 2.78. The molecule has 1 aliphatic carbocycles. The zero-order valence-electron chi connectivity index (χ0n) is 20.6. The lowest BCUT2D eigenvalue weighted by molar-refractivity contribution is 0.391. The first-order valence-corrected chi connectivity index (χ1v) is 13.0. The second kappa shape index (κ2) is 19.1. The van der Waals surface area contributed by atoms with Gasteiger partial charge in [0.25, 0.3) is 0 Å². The Labute approximate surface area is 193 Å². The standard InChI is InChI=1S/C28H51N3/c1-25(31-28-22-18-16-19-23-28)21-17-14-12-10-8-6-5-7-9-11-13-15-20-24-30-27(3)26(2)29-4/h9,11,28-31H,1-3,5-8,10,12-24H2,4H3/b11-9-.